The number of fused-ring (bicyclic) bond motifs is 6. The van der Waals surface area contributed by atoms with Gasteiger partial charge in [0.05, 0.1) is 45.1 Å². The Balaban J connectivity index is 1.35. The first-order chi connectivity index (χ1) is 26.9. The smallest absolute Gasteiger partial charge is 0.0991 e. The summed E-state index contributed by atoms with van der Waals surface area (Å²) in [5.74, 6) is 0. The van der Waals surface area contributed by atoms with Gasteiger partial charge in [-0.3, -0.25) is 0 Å². The zero-order chi connectivity index (χ0) is 37.2. The molecule has 0 aliphatic carbocycles. The molecule has 2 heterocycles. The maximum Gasteiger partial charge on any atom is 0.0991 e. The van der Waals surface area contributed by atoms with Crippen molar-refractivity contribution in [3.63, 3.8) is 0 Å². The molecule has 260 valence electrons. The molecular weight excluding hydrogens is 667 g/mol. The molecular formula is C52H37N3. The summed E-state index contributed by atoms with van der Waals surface area (Å²) in [6.45, 7) is 6.49. The summed E-state index contributed by atoms with van der Waals surface area (Å²) in [7, 11) is 0. The number of nitriles is 1. The Hall–Kier alpha value is -7.15. The van der Waals surface area contributed by atoms with Gasteiger partial charge in [0.15, 0.2) is 0 Å². The molecule has 0 aliphatic rings. The van der Waals surface area contributed by atoms with E-state index < -0.39 is 0 Å². The molecule has 0 atom stereocenters. The SMILES string of the molecule is Cc1cccc(-c2ccc3c4ccccc4n(-c4cc(C)c(-c5cccc(C#N)c5)cc4-n4c5ccccc5c5ccc(-c6cccc(C)c6)cc54)c3c2)c1. The Morgan fingerprint density at radius 1 is 0.382 bits per heavy atom. The quantitative estimate of drug-likeness (QED) is 0.176. The molecule has 0 N–H and O–H groups in total. The second-order valence-electron chi connectivity index (χ2n) is 14.8. The lowest BCUT2D eigenvalue weighted by Crippen LogP contribution is -2.05. The van der Waals surface area contributed by atoms with Crippen molar-refractivity contribution in [2.45, 2.75) is 20.8 Å². The number of benzene rings is 8. The molecule has 0 unspecified atom stereocenters. The van der Waals surface area contributed by atoms with Gasteiger partial charge in [0.2, 0.25) is 0 Å². The summed E-state index contributed by atoms with van der Waals surface area (Å²) in [6, 6.07) is 63.8. The Bertz CT molecular complexity index is 3200. The fourth-order valence-corrected chi connectivity index (χ4v) is 8.58. The summed E-state index contributed by atoms with van der Waals surface area (Å²) < 4.78 is 4.92. The molecule has 10 aromatic rings. The van der Waals surface area contributed by atoms with E-state index in [1.54, 1.807) is 0 Å². The largest absolute Gasteiger partial charge is 0.307 e. The van der Waals surface area contributed by atoms with E-state index in [1.165, 1.54) is 54.9 Å². The Morgan fingerprint density at radius 2 is 0.855 bits per heavy atom. The van der Waals surface area contributed by atoms with Gasteiger partial charge in [-0.25, -0.2) is 0 Å². The summed E-state index contributed by atoms with van der Waals surface area (Å²) >= 11 is 0. The van der Waals surface area contributed by atoms with E-state index in [0.717, 1.165) is 50.1 Å². The van der Waals surface area contributed by atoms with Crippen molar-refractivity contribution in [1.29, 1.82) is 5.26 Å². The molecule has 0 amide bonds. The number of nitrogens with zero attached hydrogens (tertiary/aromatic N) is 3. The van der Waals surface area contributed by atoms with Crippen LogP contribution >= 0.6 is 0 Å². The van der Waals surface area contributed by atoms with Gasteiger partial charge < -0.3 is 9.13 Å². The maximum absolute atomic E-state index is 9.89. The van der Waals surface area contributed by atoms with E-state index in [-0.39, 0.29) is 0 Å². The minimum Gasteiger partial charge on any atom is -0.307 e. The average Bonchev–Trinajstić information content (AvgIpc) is 3.73. The molecule has 0 fully saturated rings. The molecule has 3 heteroatoms. The first-order valence-corrected chi connectivity index (χ1v) is 18.8. The average molecular weight is 704 g/mol. The van der Waals surface area contributed by atoms with Gasteiger partial charge in [-0.15, -0.1) is 0 Å². The molecule has 0 saturated carbocycles. The lowest BCUT2D eigenvalue weighted by molar-refractivity contribution is 1.09. The van der Waals surface area contributed by atoms with Crippen LogP contribution in [0.15, 0.2) is 170 Å². The monoisotopic (exact) mass is 703 g/mol. The van der Waals surface area contributed by atoms with Crippen molar-refractivity contribution < 1.29 is 0 Å². The van der Waals surface area contributed by atoms with Crippen LogP contribution in [0.5, 0.6) is 0 Å². The van der Waals surface area contributed by atoms with E-state index >= 15 is 0 Å². The maximum atomic E-state index is 9.89. The highest BCUT2D eigenvalue weighted by Gasteiger charge is 2.22. The molecule has 0 spiro atoms. The van der Waals surface area contributed by atoms with Crippen LogP contribution < -0.4 is 0 Å². The zero-order valence-electron chi connectivity index (χ0n) is 31.0. The molecule has 10 rings (SSSR count). The zero-order valence-corrected chi connectivity index (χ0v) is 31.0. The molecule has 2 aromatic heterocycles. The fourth-order valence-electron chi connectivity index (χ4n) is 8.58. The van der Waals surface area contributed by atoms with Crippen molar-refractivity contribution in [3.05, 3.63) is 192 Å². The second-order valence-corrected chi connectivity index (χ2v) is 14.8. The number of aryl methyl sites for hydroxylation is 3. The van der Waals surface area contributed by atoms with E-state index in [4.69, 9.17) is 0 Å². The Morgan fingerprint density at radius 3 is 1.40 bits per heavy atom. The van der Waals surface area contributed by atoms with E-state index in [1.807, 2.05) is 18.2 Å². The van der Waals surface area contributed by atoms with Crippen LogP contribution in [0.3, 0.4) is 0 Å². The number of aromatic nitrogens is 2. The minimum absolute atomic E-state index is 0.647. The van der Waals surface area contributed by atoms with Crippen LogP contribution in [0.25, 0.3) is 88.4 Å². The number of para-hydroxylation sites is 2. The number of hydrogen-bond donors (Lipinski definition) is 0. The highest BCUT2D eigenvalue weighted by Crippen LogP contribution is 2.42. The third-order valence-corrected chi connectivity index (χ3v) is 11.2. The first-order valence-electron chi connectivity index (χ1n) is 18.8. The van der Waals surface area contributed by atoms with Crippen LogP contribution in [0.4, 0.5) is 0 Å². The molecule has 0 aliphatic heterocycles. The van der Waals surface area contributed by atoms with Crippen molar-refractivity contribution in [1.82, 2.24) is 9.13 Å². The fraction of sp³-hybridized carbons (Fsp3) is 0.0577. The highest BCUT2D eigenvalue weighted by molar-refractivity contribution is 6.12. The lowest BCUT2D eigenvalue weighted by atomic mass is 9.97. The van der Waals surface area contributed by atoms with Gasteiger partial charge >= 0.3 is 0 Å². The van der Waals surface area contributed by atoms with Gasteiger partial charge in [0.25, 0.3) is 0 Å². The highest BCUT2D eigenvalue weighted by atomic mass is 15.1. The first kappa shape index (κ1) is 32.5. The van der Waals surface area contributed by atoms with Crippen LogP contribution in [-0.4, -0.2) is 9.13 Å². The predicted molar refractivity (Wildman–Crippen MR) is 230 cm³/mol. The third kappa shape index (κ3) is 5.34. The summed E-state index contributed by atoms with van der Waals surface area (Å²) in [6.07, 6.45) is 0. The number of hydrogen-bond acceptors (Lipinski definition) is 1. The van der Waals surface area contributed by atoms with Gasteiger partial charge in [0, 0.05) is 21.5 Å². The van der Waals surface area contributed by atoms with Crippen LogP contribution in [-0.2, 0) is 0 Å². The van der Waals surface area contributed by atoms with Gasteiger partial charge in [0.1, 0.15) is 0 Å². The predicted octanol–water partition coefficient (Wildman–Crippen LogP) is 13.7. The minimum atomic E-state index is 0.647. The lowest BCUT2D eigenvalue weighted by Gasteiger charge is -2.20. The van der Waals surface area contributed by atoms with Crippen LogP contribution in [0.2, 0.25) is 0 Å². The van der Waals surface area contributed by atoms with Crippen molar-refractivity contribution >= 4 is 43.6 Å². The number of rotatable bonds is 5. The van der Waals surface area contributed by atoms with Gasteiger partial charge in [-0.1, -0.05) is 132 Å². The van der Waals surface area contributed by atoms with E-state index in [9.17, 15) is 5.26 Å². The summed E-state index contributed by atoms with van der Waals surface area (Å²) in [5, 5.41) is 14.7. The Labute approximate surface area is 320 Å². The van der Waals surface area contributed by atoms with Gasteiger partial charge in [-0.2, -0.15) is 5.26 Å². The summed E-state index contributed by atoms with van der Waals surface area (Å²) in [4.78, 5) is 0. The topological polar surface area (TPSA) is 33.6 Å². The second kappa shape index (κ2) is 12.8. The van der Waals surface area contributed by atoms with Crippen molar-refractivity contribution in [3.8, 4) is 50.8 Å². The molecule has 55 heavy (non-hydrogen) atoms. The van der Waals surface area contributed by atoms with Gasteiger partial charge in [-0.05, 0) is 108 Å². The van der Waals surface area contributed by atoms with Crippen molar-refractivity contribution in [2.75, 3.05) is 0 Å². The molecule has 0 radical (unpaired) electrons. The molecule has 3 nitrogen and oxygen atoms in total. The van der Waals surface area contributed by atoms with E-state index in [2.05, 4.69) is 188 Å². The third-order valence-electron chi connectivity index (χ3n) is 11.2. The molecule has 8 aromatic carbocycles. The summed E-state index contributed by atoms with van der Waals surface area (Å²) in [5.41, 5.74) is 17.9. The van der Waals surface area contributed by atoms with Crippen LogP contribution in [0.1, 0.15) is 22.3 Å². The van der Waals surface area contributed by atoms with E-state index in [0.29, 0.717) is 5.56 Å². The van der Waals surface area contributed by atoms with Crippen LogP contribution in [0, 0.1) is 32.1 Å². The molecule has 0 saturated heterocycles. The molecule has 0 bridgehead atoms. The standard InChI is InChI=1S/C52H37N3/c1-33-11-8-14-37(25-33)39-21-23-44-42-17-4-6-19-47(42)54(49(44)29-39)51-27-35(3)46(41-16-10-13-36(28-41)32-53)31-52(51)55-48-20-7-5-18-43(48)45-24-22-40(30-50(45)55)38-15-9-12-34(2)26-38/h4-31H,1-3H3. The van der Waals surface area contributed by atoms with Crippen molar-refractivity contribution in [2.24, 2.45) is 0 Å². The normalized spacial score (nSPS) is 11.5. The Kier molecular flexibility index (Phi) is 7.54.